The summed E-state index contributed by atoms with van der Waals surface area (Å²) in [5.41, 5.74) is 5.96. The van der Waals surface area contributed by atoms with Crippen LogP contribution in [0.5, 0.6) is 0 Å². The Morgan fingerprint density at radius 1 is 1.11 bits per heavy atom. The average molecular weight is 254 g/mol. The highest BCUT2D eigenvalue weighted by Gasteiger charge is 2.30. The van der Waals surface area contributed by atoms with E-state index in [1.807, 2.05) is 16.8 Å². The van der Waals surface area contributed by atoms with Crippen LogP contribution in [0.4, 0.5) is 0 Å². The van der Waals surface area contributed by atoms with Crippen LogP contribution in [0.3, 0.4) is 0 Å². The standard InChI is InChI=1S/C14H10N2OS/c1-7-3-11-12(4-8(7)2)16-13(15-11)9-5-18-6-10(9)14(16)17/h3-6H,1-2H3. The Morgan fingerprint density at radius 3 is 2.67 bits per heavy atom. The van der Waals surface area contributed by atoms with Crippen molar-refractivity contribution in [2.24, 2.45) is 0 Å². The van der Waals surface area contributed by atoms with E-state index < -0.39 is 0 Å². The molecule has 18 heavy (non-hydrogen) atoms. The van der Waals surface area contributed by atoms with E-state index in [1.165, 1.54) is 11.1 Å². The van der Waals surface area contributed by atoms with Crippen molar-refractivity contribution in [1.82, 2.24) is 9.55 Å². The minimum absolute atomic E-state index is 0.0482. The molecule has 0 unspecified atom stereocenters. The smallest absolute Gasteiger partial charge is 0.265 e. The molecule has 88 valence electrons. The summed E-state index contributed by atoms with van der Waals surface area (Å²) >= 11 is 1.55. The maximum absolute atomic E-state index is 12.4. The molecule has 1 aromatic carbocycles. The molecule has 0 amide bonds. The molecular weight excluding hydrogens is 244 g/mol. The SMILES string of the molecule is Cc1cc2nc3n(c2cc1C)C(=O)c1cscc1-3. The van der Waals surface area contributed by atoms with Gasteiger partial charge in [-0.1, -0.05) is 0 Å². The molecule has 0 bridgehead atoms. The Kier molecular flexibility index (Phi) is 1.72. The number of nitrogens with zero attached hydrogens (tertiary/aromatic N) is 2. The third kappa shape index (κ3) is 1.04. The van der Waals surface area contributed by atoms with Gasteiger partial charge < -0.3 is 0 Å². The van der Waals surface area contributed by atoms with Gasteiger partial charge in [-0.3, -0.25) is 9.36 Å². The van der Waals surface area contributed by atoms with Crippen molar-refractivity contribution in [3.8, 4) is 11.4 Å². The van der Waals surface area contributed by atoms with Crippen molar-refractivity contribution < 1.29 is 4.79 Å². The maximum atomic E-state index is 12.4. The number of thiophene rings is 1. The van der Waals surface area contributed by atoms with E-state index in [-0.39, 0.29) is 5.91 Å². The summed E-state index contributed by atoms with van der Waals surface area (Å²) in [6.07, 6.45) is 0. The van der Waals surface area contributed by atoms with Crippen LogP contribution >= 0.6 is 11.3 Å². The van der Waals surface area contributed by atoms with Crippen molar-refractivity contribution in [2.75, 3.05) is 0 Å². The molecule has 1 aliphatic rings. The zero-order valence-electron chi connectivity index (χ0n) is 10.0. The lowest BCUT2D eigenvalue weighted by molar-refractivity contribution is 0.0974. The van der Waals surface area contributed by atoms with Crippen molar-refractivity contribution in [3.63, 3.8) is 0 Å². The number of fused-ring (bicyclic) bond motifs is 5. The number of imidazole rings is 1. The normalized spacial score (nSPS) is 13.1. The van der Waals surface area contributed by atoms with Crippen molar-refractivity contribution in [2.45, 2.75) is 13.8 Å². The first kappa shape index (κ1) is 10.0. The Morgan fingerprint density at radius 2 is 1.83 bits per heavy atom. The molecule has 3 aromatic rings. The van der Waals surface area contributed by atoms with Crippen LogP contribution in [-0.2, 0) is 0 Å². The van der Waals surface area contributed by atoms with Crippen LogP contribution in [0.1, 0.15) is 21.5 Å². The van der Waals surface area contributed by atoms with Crippen LogP contribution in [0.15, 0.2) is 22.9 Å². The van der Waals surface area contributed by atoms with Crippen molar-refractivity contribution in [1.29, 1.82) is 0 Å². The third-order valence-electron chi connectivity index (χ3n) is 3.61. The molecule has 2 aromatic heterocycles. The van der Waals surface area contributed by atoms with E-state index in [2.05, 4.69) is 24.9 Å². The van der Waals surface area contributed by atoms with Crippen molar-refractivity contribution in [3.05, 3.63) is 39.6 Å². The van der Waals surface area contributed by atoms with Gasteiger partial charge >= 0.3 is 0 Å². The van der Waals surface area contributed by atoms with Crippen molar-refractivity contribution >= 4 is 28.3 Å². The van der Waals surface area contributed by atoms with E-state index in [1.54, 1.807) is 15.9 Å². The predicted molar refractivity (Wildman–Crippen MR) is 72.2 cm³/mol. The van der Waals surface area contributed by atoms with Crippen LogP contribution in [0, 0.1) is 13.8 Å². The lowest BCUT2D eigenvalue weighted by Gasteiger charge is -2.01. The van der Waals surface area contributed by atoms with Gasteiger partial charge in [-0.15, -0.1) is 0 Å². The third-order valence-corrected chi connectivity index (χ3v) is 4.35. The van der Waals surface area contributed by atoms with E-state index >= 15 is 0 Å². The number of benzene rings is 1. The molecule has 0 N–H and O–H groups in total. The van der Waals surface area contributed by atoms with E-state index in [9.17, 15) is 4.79 Å². The van der Waals surface area contributed by atoms with Crippen LogP contribution in [0.2, 0.25) is 0 Å². The fraction of sp³-hybridized carbons (Fsp3) is 0.143. The Balaban J connectivity index is 2.17. The van der Waals surface area contributed by atoms with Gasteiger partial charge in [-0.2, -0.15) is 11.3 Å². The zero-order valence-corrected chi connectivity index (χ0v) is 10.8. The second-order valence-corrected chi connectivity index (χ2v) is 5.44. The first-order valence-corrected chi connectivity index (χ1v) is 6.72. The molecule has 0 atom stereocenters. The van der Waals surface area contributed by atoms with Crippen LogP contribution < -0.4 is 0 Å². The largest absolute Gasteiger partial charge is 0.268 e. The van der Waals surface area contributed by atoms with Gasteiger partial charge in [0.05, 0.1) is 16.6 Å². The molecule has 0 fully saturated rings. The lowest BCUT2D eigenvalue weighted by atomic mass is 10.1. The minimum Gasteiger partial charge on any atom is -0.268 e. The molecule has 3 heterocycles. The zero-order chi connectivity index (χ0) is 12.4. The molecule has 4 heteroatoms. The first-order chi connectivity index (χ1) is 8.66. The predicted octanol–water partition coefficient (Wildman–Crippen LogP) is 3.38. The van der Waals surface area contributed by atoms with E-state index in [4.69, 9.17) is 0 Å². The maximum Gasteiger partial charge on any atom is 0.265 e. The second-order valence-electron chi connectivity index (χ2n) is 4.70. The average Bonchev–Trinajstić information content (AvgIpc) is 2.97. The molecule has 0 aliphatic carbocycles. The summed E-state index contributed by atoms with van der Waals surface area (Å²) in [4.78, 5) is 17.0. The number of carbonyl (C=O) groups is 1. The van der Waals surface area contributed by atoms with Gasteiger partial charge in [-0.25, -0.2) is 4.98 Å². The van der Waals surface area contributed by atoms with Crippen LogP contribution in [-0.4, -0.2) is 15.5 Å². The summed E-state index contributed by atoms with van der Waals surface area (Å²) in [5, 5.41) is 3.90. The Bertz CT molecular complexity index is 826. The van der Waals surface area contributed by atoms with Gasteiger partial charge in [0.25, 0.3) is 5.91 Å². The minimum atomic E-state index is 0.0482. The number of aromatic nitrogens is 2. The summed E-state index contributed by atoms with van der Waals surface area (Å²) in [6, 6.07) is 4.10. The monoisotopic (exact) mass is 254 g/mol. The fourth-order valence-corrected chi connectivity index (χ4v) is 3.28. The molecule has 1 aliphatic heterocycles. The molecular formula is C14H10N2OS. The molecule has 4 rings (SSSR count). The molecule has 0 saturated carbocycles. The highest BCUT2D eigenvalue weighted by Crippen LogP contribution is 2.37. The molecule has 0 saturated heterocycles. The van der Waals surface area contributed by atoms with Gasteiger partial charge in [0.15, 0.2) is 0 Å². The number of carbonyl (C=O) groups excluding carboxylic acids is 1. The topological polar surface area (TPSA) is 34.9 Å². The van der Waals surface area contributed by atoms with Crippen LogP contribution in [0.25, 0.3) is 22.4 Å². The quantitative estimate of drug-likeness (QED) is 0.482. The number of aryl methyl sites for hydroxylation is 2. The van der Waals surface area contributed by atoms with Gasteiger partial charge in [0.2, 0.25) is 0 Å². The summed E-state index contributed by atoms with van der Waals surface area (Å²) in [6.45, 7) is 4.13. The first-order valence-electron chi connectivity index (χ1n) is 5.78. The number of rotatable bonds is 0. The lowest BCUT2D eigenvalue weighted by Crippen LogP contribution is -2.05. The van der Waals surface area contributed by atoms with E-state index in [0.717, 1.165) is 28.0 Å². The Labute approximate surface area is 108 Å². The molecule has 3 nitrogen and oxygen atoms in total. The van der Waals surface area contributed by atoms with Gasteiger partial charge in [0, 0.05) is 16.3 Å². The summed E-state index contributed by atoms with van der Waals surface area (Å²) < 4.78 is 1.74. The number of hydrogen-bond donors (Lipinski definition) is 0. The highest BCUT2D eigenvalue weighted by atomic mass is 32.1. The summed E-state index contributed by atoms with van der Waals surface area (Å²) in [5.74, 6) is 0.836. The highest BCUT2D eigenvalue weighted by molar-refractivity contribution is 7.08. The van der Waals surface area contributed by atoms with Gasteiger partial charge in [-0.05, 0) is 37.1 Å². The Hall–Kier alpha value is -1.94. The molecule has 0 radical (unpaired) electrons. The summed E-state index contributed by atoms with van der Waals surface area (Å²) in [7, 11) is 0. The van der Waals surface area contributed by atoms with E-state index in [0.29, 0.717) is 0 Å². The second kappa shape index (κ2) is 3.09. The van der Waals surface area contributed by atoms with Gasteiger partial charge in [0.1, 0.15) is 5.82 Å². The fourth-order valence-electron chi connectivity index (χ4n) is 2.48. The number of hydrogen-bond acceptors (Lipinski definition) is 3. The molecule has 0 spiro atoms.